The molecule has 0 spiro atoms. The molecule has 0 saturated carbocycles. The zero-order valence-electron chi connectivity index (χ0n) is 16.2. The number of nitrogens with zero attached hydrogens (tertiary/aromatic N) is 1. The van der Waals surface area contributed by atoms with Gasteiger partial charge in [-0.1, -0.05) is 30.3 Å². The molecule has 150 valence electrons. The van der Waals surface area contributed by atoms with Crippen molar-refractivity contribution >= 4 is 23.2 Å². The predicted octanol–water partition coefficient (Wildman–Crippen LogP) is 3.17. The average Bonchev–Trinajstić information content (AvgIpc) is 3.03. The molecule has 6 nitrogen and oxygen atoms in total. The van der Waals surface area contributed by atoms with E-state index in [0.29, 0.717) is 12.1 Å². The molecule has 2 amide bonds. The van der Waals surface area contributed by atoms with Gasteiger partial charge in [0, 0.05) is 24.5 Å². The van der Waals surface area contributed by atoms with Gasteiger partial charge in [-0.2, -0.15) is 0 Å². The van der Waals surface area contributed by atoms with Crippen molar-refractivity contribution in [2.24, 2.45) is 0 Å². The molecule has 2 aliphatic rings. The number of benzene rings is 2. The number of piperidine rings is 1. The van der Waals surface area contributed by atoms with Gasteiger partial charge in [-0.25, -0.2) is 0 Å². The summed E-state index contributed by atoms with van der Waals surface area (Å²) in [5.74, 6) is -1.35. The third kappa shape index (κ3) is 4.26. The van der Waals surface area contributed by atoms with E-state index in [9.17, 15) is 14.7 Å². The van der Waals surface area contributed by atoms with Crippen LogP contribution in [-0.4, -0.2) is 36.1 Å². The first-order valence-electron chi connectivity index (χ1n) is 10.1. The lowest BCUT2D eigenvalue weighted by Gasteiger charge is -2.28. The molecule has 1 atom stereocenters. The number of carbonyl (C=O) groups excluding carboxylic acids is 2. The van der Waals surface area contributed by atoms with E-state index in [-0.39, 0.29) is 11.3 Å². The van der Waals surface area contributed by atoms with E-state index in [2.05, 4.69) is 15.5 Å². The Kier molecular flexibility index (Phi) is 5.51. The topological polar surface area (TPSA) is 81.7 Å². The van der Waals surface area contributed by atoms with Crippen LogP contribution in [0.1, 0.15) is 24.8 Å². The molecule has 3 N–H and O–H groups in total. The predicted molar refractivity (Wildman–Crippen MR) is 113 cm³/mol. The van der Waals surface area contributed by atoms with Gasteiger partial charge in [0.25, 0.3) is 11.8 Å². The molecule has 29 heavy (non-hydrogen) atoms. The van der Waals surface area contributed by atoms with E-state index < -0.39 is 17.9 Å². The number of amides is 2. The number of aliphatic hydroxyl groups is 1. The highest BCUT2D eigenvalue weighted by Crippen LogP contribution is 2.24. The van der Waals surface area contributed by atoms with Crippen molar-refractivity contribution in [2.75, 3.05) is 23.3 Å². The quantitative estimate of drug-likeness (QED) is 0.684. The van der Waals surface area contributed by atoms with E-state index >= 15 is 0 Å². The summed E-state index contributed by atoms with van der Waals surface area (Å²) >= 11 is 0. The number of anilines is 2. The summed E-state index contributed by atoms with van der Waals surface area (Å²) in [7, 11) is 0. The summed E-state index contributed by atoms with van der Waals surface area (Å²) in [6.07, 6.45) is 4.10. The molecular weight excluding hydrogens is 366 g/mol. The van der Waals surface area contributed by atoms with Gasteiger partial charge in [-0.05, 0) is 55.5 Å². The summed E-state index contributed by atoms with van der Waals surface area (Å²) in [5.41, 5.74) is 2.48. The minimum atomic E-state index is -0.596. The first-order chi connectivity index (χ1) is 14.1. The molecule has 2 aliphatic heterocycles. The van der Waals surface area contributed by atoms with E-state index in [1.165, 1.54) is 19.3 Å². The van der Waals surface area contributed by atoms with Crippen molar-refractivity contribution in [3.05, 3.63) is 71.5 Å². The Bertz CT molecular complexity index is 916. The lowest BCUT2D eigenvalue weighted by atomic mass is 10.0. The maximum Gasteiger partial charge on any atom is 0.264 e. The Hall–Kier alpha value is -3.28. The van der Waals surface area contributed by atoms with Gasteiger partial charge >= 0.3 is 0 Å². The first-order valence-corrected chi connectivity index (χ1v) is 10.1. The smallest absolute Gasteiger partial charge is 0.264 e. The number of aliphatic hydroxyl groups excluding tert-OH is 1. The minimum Gasteiger partial charge on any atom is -0.509 e. The van der Waals surface area contributed by atoms with Gasteiger partial charge in [0.15, 0.2) is 0 Å². The van der Waals surface area contributed by atoms with Crippen molar-refractivity contribution < 1.29 is 14.7 Å². The Labute approximate surface area is 170 Å². The van der Waals surface area contributed by atoms with Crippen molar-refractivity contribution in [3.63, 3.8) is 0 Å². The fraction of sp³-hybridized carbons (Fsp3) is 0.304. The summed E-state index contributed by atoms with van der Waals surface area (Å²) in [6.45, 7) is 2.10. The minimum absolute atomic E-state index is 0.207. The molecule has 0 aromatic heterocycles. The van der Waals surface area contributed by atoms with Gasteiger partial charge in [0.05, 0.1) is 6.04 Å². The highest BCUT2D eigenvalue weighted by molar-refractivity contribution is 6.24. The normalized spacial score (nSPS) is 19.2. The summed E-state index contributed by atoms with van der Waals surface area (Å²) in [6, 6.07) is 16.5. The second-order valence-electron chi connectivity index (χ2n) is 7.52. The lowest BCUT2D eigenvalue weighted by Crippen LogP contribution is -2.31. The van der Waals surface area contributed by atoms with Crippen molar-refractivity contribution in [2.45, 2.75) is 31.7 Å². The lowest BCUT2D eigenvalue weighted by molar-refractivity contribution is -0.120. The van der Waals surface area contributed by atoms with Crippen LogP contribution in [0.3, 0.4) is 0 Å². The fourth-order valence-corrected chi connectivity index (χ4v) is 3.91. The van der Waals surface area contributed by atoms with Crippen molar-refractivity contribution in [3.8, 4) is 0 Å². The molecule has 2 aromatic rings. The van der Waals surface area contributed by atoms with E-state index in [0.717, 1.165) is 24.3 Å². The van der Waals surface area contributed by atoms with Gasteiger partial charge in [0.1, 0.15) is 11.3 Å². The number of nitrogens with one attached hydrogen (secondary N) is 2. The van der Waals surface area contributed by atoms with Gasteiger partial charge in [0.2, 0.25) is 0 Å². The van der Waals surface area contributed by atoms with E-state index in [1.807, 2.05) is 54.6 Å². The SMILES string of the molecule is O=C(Nc1ccc(N2CCCCC2)cc1)C1=C(O)C(Cc2ccccc2)NC1=O. The second kappa shape index (κ2) is 8.39. The standard InChI is InChI=1S/C23H25N3O3/c27-21-19(15-16-7-3-1-4-8-16)25-23(29)20(21)22(28)24-17-9-11-18(12-10-17)26-13-5-2-6-14-26/h1,3-4,7-12,19,27H,2,5-6,13-15H2,(H,24,28)(H,25,29). The zero-order chi connectivity index (χ0) is 20.2. The van der Waals surface area contributed by atoms with Crippen LogP contribution in [0, 0.1) is 0 Å². The molecule has 0 aliphatic carbocycles. The van der Waals surface area contributed by atoms with Crippen LogP contribution in [-0.2, 0) is 16.0 Å². The van der Waals surface area contributed by atoms with Crippen LogP contribution < -0.4 is 15.5 Å². The van der Waals surface area contributed by atoms with E-state index in [1.54, 1.807) is 0 Å². The molecule has 1 fully saturated rings. The largest absolute Gasteiger partial charge is 0.509 e. The third-order valence-electron chi connectivity index (χ3n) is 5.47. The van der Waals surface area contributed by atoms with Crippen molar-refractivity contribution in [1.29, 1.82) is 0 Å². The number of hydrogen-bond acceptors (Lipinski definition) is 4. The second-order valence-corrected chi connectivity index (χ2v) is 7.52. The summed E-state index contributed by atoms with van der Waals surface area (Å²) in [5, 5.41) is 15.9. The Morgan fingerprint density at radius 1 is 1.03 bits per heavy atom. The van der Waals surface area contributed by atoms with Crippen LogP contribution in [0.15, 0.2) is 65.9 Å². The molecule has 0 radical (unpaired) electrons. The number of rotatable bonds is 5. The molecule has 1 unspecified atom stereocenters. The molecule has 4 rings (SSSR count). The molecule has 2 aromatic carbocycles. The monoisotopic (exact) mass is 391 g/mol. The average molecular weight is 391 g/mol. The first kappa shape index (κ1) is 19.1. The van der Waals surface area contributed by atoms with Gasteiger partial charge in [-0.3, -0.25) is 9.59 Å². The maximum atomic E-state index is 12.6. The maximum absolute atomic E-state index is 12.6. The van der Waals surface area contributed by atoms with Gasteiger partial charge < -0.3 is 20.6 Å². The third-order valence-corrected chi connectivity index (χ3v) is 5.47. The number of carbonyl (C=O) groups is 2. The number of hydrogen-bond donors (Lipinski definition) is 3. The fourth-order valence-electron chi connectivity index (χ4n) is 3.91. The van der Waals surface area contributed by atoms with Crippen LogP contribution in [0.4, 0.5) is 11.4 Å². The highest BCUT2D eigenvalue weighted by atomic mass is 16.3. The van der Waals surface area contributed by atoms with E-state index in [4.69, 9.17) is 0 Å². The van der Waals surface area contributed by atoms with Crippen molar-refractivity contribution in [1.82, 2.24) is 5.32 Å². The summed E-state index contributed by atoms with van der Waals surface area (Å²) in [4.78, 5) is 27.2. The van der Waals surface area contributed by atoms with Crippen LogP contribution in [0.25, 0.3) is 0 Å². The summed E-state index contributed by atoms with van der Waals surface area (Å²) < 4.78 is 0. The molecule has 2 heterocycles. The van der Waals surface area contributed by atoms with Crippen LogP contribution in [0.2, 0.25) is 0 Å². The molecule has 6 heteroatoms. The molecular formula is C23H25N3O3. The highest BCUT2D eigenvalue weighted by Gasteiger charge is 2.36. The van der Waals surface area contributed by atoms with Gasteiger partial charge in [-0.15, -0.1) is 0 Å². The Balaban J connectivity index is 1.43. The Morgan fingerprint density at radius 3 is 2.41 bits per heavy atom. The van der Waals surface area contributed by atoms with Crippen LogP contribution >= 0.6 is 0 Å². The molecule has 1 saturated heterocycles. The Morgan fingerprint density at radius 2 is 1.72 bits per heavy atom. The zero-order valence-corrected chi connectivity index (χ0v) is 16.2. The molecule has 0 bridgehead atoms. The van der Waals surface area contributed by atoms with Crippen LogP contribution in [0.5, 0.6) is 0 Å².